The summed E-state index contributed by atoms with van der Waals surface area (Å²) >= 11 is 0. The van der Waals surface area contributed by atoms with Crippen molar-refractivity contribution in [1.29, 1.82) is 0 Å². The average molecular weight is 1250 g/mol. The molecule has 3 saturated carbocycles. The van der Waals surface area contributed by atoms with E-state index in [1.807, 2.05) is 40.7 Å². The van der Waals surface area contributed by atoms with Gasteiger partial charge in [0, 0.05) is 52.6 Å². The minimum Gasteiger partial charge on any atom is -0.458 e. The van der Waals surface area contributed by atoms with Gasteiger partial charge in [0.25, 0.3) is 0 Å². The zero-order valence-electron chi connectivity index (χ0n) is 52.2. The minimum absolute atomic E-state index is 0.0622. The monoisotopic (exact) mass is 1250 g/mol. The molecule has 9 aliphatic rings. The van der Waals surface area contributed by atoms with E-state index in [0.29, 0.717) is 25.7 Å². The van der Waals surface area contributed by atoms with Crippen molar-refractivity contribution in [3.05, 3.63) is 23.3 Å². The number of carbonyl (C=O) groups is 2. The lowest BCUT2D eigenvalue weighted by atomic mass is 9.42. The van der Waals surface area contributed by atoms with Gasteiger partial charge >= 0.3 is 5.97 Å². The Morgan fingerprint density at radius 3 is 1.63 bits per heavy atom. The molecular formula is C61H98O26. The fraction of sp³-hybridized carbons (Fsp3) is 0.902. The van der Waals surface area contributed by atoms with Gasteiger partial charge in [-0.3, -0.25) is 4.79 Å². The van der Waals surface area contributed by atoms with Crippen molar-refractivity contribution >= 4 is 11.8 Å². The lowest BCUT2D eigenvalue weighted by molar-refractivity contribution is -0.376. The third-order valence-electron chi connectivity index (χ3n) is 21.6. The lowest BCUT2D eigenvalue weighted by Crippen LogP contribution is -2.78. The molecule has 0 aromatic carbocycles. The maximum Gasteiger partial charge on any atom is 0.330 e. The van der Waals surface area contributed by atoms with Crippen LogP contribution in [0.3, 0.4) is 0 Å². The van der Waals surface area contributed by atoms with Crippen molar-refractivity contribution < 1.29 is 127 Å². The van der Waals surface area contributed by atoms with Crippen LogP contribution < -0.4 is 0 Å². The standard InChI is InChI=1S/C61H98O26/c1-27(2)28(3)19-42(65)83-41-24-40-57(8)15-14-34(20-33(57)13-16-60(40,72)61(73)18-17-59(71,32(7)64)58(41,61)9)80-43-21-35(74-10)51(29(4)77-43)84-44-22-36(75-11)52(30(5)78-44)85-45-23-37(76-12)53(31(6)79-45)86-56-50(70)48(68)54(39(26-63)82-56)87-55-49(69)47(67)46(66)38(25-62)81-55/h13,19,27,29-31,34-41,43-56,62-63,66-73H,14-18,20-26H2,1-12H3/b28-19-/t29-,30-,31-,34+,35+,36-,37+,38-,39-,40-,41-,43+,44+,45+,46-,47+,48-,49-,50-,51-,52-,53-,54-,55+,56+,57+,58-,59-,60+,61-/m1/s1. The van der Waals surface area contributed by atoms with Crippen molar-refractivity contribution in [2.75, 3.05) is 34.5 Å². The normalized spacial score (nSPS) is 50.4. The highest BCUT2D eigenvalue weighted by Gasteiger charge is 2.81. The van der Waals surface area contributed by atoms with Crippen LogP contribution in [0.5, 0.6) is 0 Å². The summed E-state index contributed by atoms with van der Waals surface area (Å²) in [5.41, 5.74) is -6.33. The highest BCUT2D eigenvalue weighted by Crippen LogP contribution is 2.71. The molecule has 5 saturated heterocycles. The Hall–Kier alpha value is -2.30. The summed E-state index contributed by atoms with van der Waals surface area (Å²) < 4.78 is 86.7. The predicted octanol–water partition coefficient (Wildman–Crippen LogP) is 0.238. The first kappa shape index (κ1) is 69.1. The fourth-order valence-electron chi connectivity index (χ4n) is 15.9. The Morgan fingerprint density at radius 1 is 0.632 bits per heavy atom. The number of aliphatic hydroxyl groups excluding tert-OH is 7. The smallest absolute Gasteiger partial charge is 0.330 e. The van der Waals surface area contributed by atoms with Crippen LogP contribution in [0.4, 0.5) is 0 Å². The van der Waals surface area contributed by atoms with E-state index in [0.717, 1.165) is 11.1 Å². The molecule has 5 aliphatic heterocycles. The molecule has 10 N–H and O–H groups in total. The van der Waals surface area contributed by atoms with Gasteiger partial charge in [-0.2, -0.15) is 0 Å². The molecule has 498 valence electrons. The molecule has 0 amide bonds. The van der Waals surface area contributed by atoms with Gasteiger partial charge < -0.3 is 117 Å². The van der Waals surface area contributed by atoms with Gasteiger partial charge in [0.2, 0.25) is 0 Å². The highest BCUT2D eigenvalue weighted by molar-refractivity contribution is 5.87. The van der Waals surface area contributed by atoms with Crippen LogP contribution in [0.1, 0.15) is 127 Å². The van der Waals surface area contributed by atoms with Gasteiger partial charge in [0.05, 0.1) is 61.4 Å². The average Bonchev–Trinajstić information content (AvgIpc) is 1.61. The summed E-state index contributed by atoms with van der Waals surface area (Å²) in [7, 11) is 4.64. The molecule has 0 radical (unpaired) electrons. The number of methoxy groups -OCH3 is 3. The van der Waals surface area contributed by atoms with Crippen LogP contribution in [0.2, 0.25) is 0 Å². The summed E-state index contributed by atoms with van der Waals surface area (Å²) in [6, 6.07) is 0. The first-order chi connectivity index (χ1) is 41.0. The van der Waals surface area contributed by atoms with Gasteiger partial charge in [0.15, 0.2) is 37.2 Å². The molecule has 0 spiro atoms. The van der Waals surface area contributed by atoms with E-state index < -0.39 is 200 Å². The second kappa shape index (κ2) is 27.0. The van der Waals surface area contributed by atoms with E-state index in [9.17, 15) is 60.7 Å². The summed E-state index contributed by atoms with van der Waals surface area (Å²) in [6.07, 6.45) is -19.8. The van der Waals surface area contributed by atoms with E-state index in [4.69, 9.17) is 66.3 Å². The number of allylic oxidation sites excluding steroid dienone is 1. The number of hydrogen-bond donors (Lipinski definition) is 10. The third kappa shape index (κ3) is 12.5. The topological polar surface area (TPSA) is 366 Å². The van der Waals surface area contributed by atoms with Crippen molar-refractivity contribution in [2.24, 2.45) is 22.7 Å². The zero-order chi connectivity index (χ0) is 63.6. The molecule has 0 aromatic rings. The maximum absolute atomic E-state index is 13.6. The Kier molecular flexibility index (Phi) is 21.4. The van der Waals surface area contributed by atoms with Crippen molar-refractivity contribution in [3.8, 4) is 0 Å². The molecule has 8 fully saturated rings. The molecule has 9 rings (SSSR count). The number of aliphatic hydroxyl groups is 10. The zero-order valence-corrected chi connectivity index (χ0v) is 52.2. The highest BCUT2D eigenvalue weighted by atomic mass is 16.8. The number of carbonyl (C=O) groups excluding carboxylic acids is 2. The largest absolute Gasteiger partial charge is 0.458 e. The van der Waals surface area contributed by atoms with Gasteiger partial charge in [0.1, 0.15) is 90.1 Å². The molecule has 26 heteroatoms. The van der Waals surface area contributed by atoms with E-state index >= 15 is 0 Å². The van der Waals surface area contributed by atoms with Gasteiger partial charge in [-0.25, -0.2) is 4.79 Å². The quantitative estimate of drug-likeness (QED) is 0.0470. The summed E-state index contributed by atoms with van der Waals surface area (Å²) in [5.74, 6) is -1.72. The van der Waals surface area contributed by atoms with Crippen LogP contribution in [0.25, 0.3) is 0 Å². The molecule has 5 heterocycles. The van der Waals surface area contributed by atoms with Crippen LogP contribution >= 0.6 is 0 Å². The van der Waals surface area contributed by atoms with Crippen LogP contribution in [0.15, 0.2) is 23.3 Å². The maximum atomic E-state index is 13.6. The lowest BCUT2D eigenvalue weighted by Gasteiger charge is -2.67. The van der Waals surface area contributed by atoms with Gasteiger partial charge in [-0.15, -0.1) is 0 Å². The number of fused-ring (bicyclic) bond motifs is 5. The van der Waals surface area contributed by atoms with E-state index in [1.54, 1.807) is 28.1 Å². The molecule has 4 aliphatic carbocycles. The molecule has 30 atom stereocenters. The summed E-state index contributed by atoms with van der Waals surface area (Å²) in [5, 5.41) is 111. The molecule has 0 unspecified atom stereocenters. The second-order valence-corrected chi connectivity index (χ2v) is 26.7. The molecule has 0 bridgehead atoms. The number of rotatable bonds is 19. The van der Waals surface area contributed by atoms with Crippen molar-refractivity contribution in [2.45, 2.75) is 291 Å². The van der Waals surface area contributed by atoms with E-state index in [1.165, 1.54) is 20.1 Å². The van der Waals surface area contributed by atoms with E-state index in [2.05, 4.69) is 6.92 Å². The number of ether oxygens (including phenoxy) is 14. The number of esters is 1. The summed E-state index contributed by atoms with van der Waals surface area (Å²) in [6.45, 7) is 14.6. The molecule has 26 nitrogen and oxygen atoms in total. The molecule has 0 aromatic heterocycles. The molecule has 87 heavy (non-hydrogen) atoms. The molecular weight excluding hydrogens is 1150 g/mol. The fourth-order valence-corrected chi connectivity index (χ4v) is 15.9. The van der Waals surface area contributed by atoms with Crippen LogP contribution in [-0.4, -0.2) is 262 Å². The number of hydrogen-bond acceptors (Lipinski definition) is 26. The number of Topliss-reactive ketones (excluding diaryl/α,β-unsaturated/α-hetero) is 1. The SMILES string of the molecule is CO[C@H]1C[C@H](O[C@H]2CC[C@@]3(C)C(=CC[C@]4(O)[C@@H]3C[C@@H](OC(=O)/C=C(/C)C(C)C)[C@@]3(C)[C@]4(O)CC[C@@]3(O)C(C)=O)C2)O[C@H](C)[C@H]1O[C@H]1C[C@@H](OC)[C@H](O[C@H]2C[C@H](OC)[C@H](O[C@@H]3O[C@H](CO)[C@@H](O[C@@H]4O[C@H](CO)[C@@H](O)[C@H](O)[C@H]4O)[C@H](O)[C@H]3O)[C@@H](C)O2)[C@@H](C)O1. The van der Waals surface area contributed by atoms with Crippen LogP contribution in [-0.2, 0) is 75.9 Å². The van der Waals surface area contributed by atoms with Gasteiger partial charge in [-0.05, 0) is 97.8 Å². The number of ketones is 1. The van der Waals surface area contributed by atoms with Crippen molar-refractivity contribution in [3.63, 3.8) is 0 Å². The van der Waals surface area contributed by atoms with Gasteiger partial charge in [-0.1, -0.05) is 38.0 Å². The Morgan fingerprint density at radius 2 is 1.13 bits per heavy atom. The predicted molar refractivity (Wildman–Crippen MR) is 299 cm³/mol. The van der Waals surface area contributed by atoms with E-state index in [-0.39, 0.29) is 50.5 Å². The second-order valence-electron chi connectivity index (χ2n) is 26.7. The first-order valence-corrected chi connectivity index (χ1v) is 31.0. The minimum atomic E-state index is -2.05. The van der Waals surface area contributed by atoms with Crippen molar-refractivity contribution in [1.82, 2.24) is 0 Å². The Labute approximate surface area is 508 Å². The Balaban J connectivity index is 0.784. The van der Waals surface area contributed by atoms with Crippen LogP contribution in [0, 0.1) is 22.7 Å². The first-order valence-electron chi connectivity index (χ1n) is 31.0. The third-order valence-corrected chi connectivity index (χ3v) is 21.6. The summed E-state index contributed by atoms with van der Waals surface area (Å²) in [4.78, 5) is 26.9. The Bertz CT molecular complexity index is 2430.